The van der Waals surface area contributed by atoms with Gasteiger partial charge in [0.1, 0.15) is 17.3 Å². The molecule has 1 N–H and O–H groups in total. The van der Waals surface area contributed by atoms with Crippen molar-refractivity contribution in [1.82, 2.24) is 9.36 Å². The second kappa shape index (κ2) is 8.28. The van der Waals surface area contributed by atoms with Gasteiger partial charge in [-0.3, -0.25) is 24.4 Å². The van der Waals surface area contributed by atoms with Crippen LogP contribution in [0.3, 0.4) is 0 Å². The van der Waals surface area contributed by atoms with Crippen molar-refractivity contribution in [2.75, 3.05) is 5.32 Å². The Labute approximate surface area is 171 Å². The summed E-state index contributed by atoms with van der Waals surface area (Å²) in [5.41, 5.74) is 0.609. The minimum Gasteiger partial charge on any atom is -0.315 e. The van der Waals surface area contributed by atoms with E-state index in [-0.39, 0.29) is 16.9 Å². The maximum Gasteiger partial charge on any atom is 0.295 e. The number of non-ortho nitro benzene ring substituents is 1. The largest absolute Gasteiger partial charge is 0.315 e. The number of carbonyl (C=O) groups is 1. The molecule has 0 radical (unpaired) electrons. The molecule has 0 aliphatic rings. The van der Waals surface area contributed by atoms with Crippen molar-refractivity contribution in [2.24, 2.45) is 7.05 Å². The Morgan fingerprint density at radius 3 is 2.53 bits per heavy atom. The van der Waals surface area contributed by atoms with Crippen molar-refractivity contribution in [3.05, 3.63) is 91.9 Å². The summed E-state index contributed by atoms with van der Waals surface area (Å²) in [6, 6.07) is 16.2. The third-order valence-corrected chi connectivity index (χ3v) is 4.55. The number of aromatic nitrogens is 2. The summed E-state index contributed by atoms with van der Waals surface area (Å²) in [5, 5.41) is 22.8. The van der Waals surface area contributed by atoms with E-state index in [0.29, 0.717) is 16.9 Å². The van der Waals surface area contributed by atoms with Crippen molar-refractivity contribution in [3.63, 3.8) is 0 Å². The van der Waals surface area contributed by atoms with Crippen LogP contribution >= 0.6 is 0 Å². The van der Waals surface area contributed by atoms with Crippen LogP contribution in [0.15, 0.2) is 65.0 Å². The van der Waals surface area contributed by atoms with Crippen LogP contribution in [0, 0.1) is 28.4 Å². The summed E-state index contributed by atoms with van der Waals surface area (Å²) in [6.45, 7) is 1.67. The molecule has 0 saturated heterocycles. The molecule has 9 nitrogen and oxygen atoms in total. The van der Waals surface area contributed by atoms with E-state index in [1.807, 2.05) is 6.07 Å². The Hall–Kier alpha value is -4.45. The summed E-state index contributed by atoms with van der Waals surface area (Å²) < 4.78 is 3.00. The number of nitriles is 1. The number of anilines is 1. The van der Waals surface area contributed by atoms with Crippen LogP contribution in [0.5, 0.6) is 0 Å². The van der Waals surface area contributed by atoms with Crippen molar-refractivity contribution in [1.29, 1.82) is 5.26 Å². The van der Waals surface area contributed by atoms with Crippen molar-refractivity contribution >= 4 is 23.4 Å². The molecule has 3 rings (SSSR count). The number of nitrogens with zero attached hydrogens (tertiary/aromatic N) is 4. The molecule has 150 valence electrons. The van der Waals surface area contributed by atoms with Gasteiger partial charge in [0.2, 0.25) is 0 Å². The first-order valence-corrected chi connectivity index (χ1v) is 8.85. The maximum atomic E-state index is 12.9. The number of amides is 1. The number of para-hydroxylation sites is 1. The lowest BCUT2D eigenvalue weighted by Crippen LogP contribution is -2.23. The van der Waals surface area contributed by atoms with Gasteiger partial charge in [0.25, 0.3) is 17.2 Å². The minimum absolute atomic E-state index is 0.0477. The van der Waals surface area contributed by atoms with Gasteiger partial charge in [-0.1, -0.05) is 30.3 Å². The zero-order chi connectivity index (χ0) is 21.8. The second-order valence-corrected chi connectivity index (χ2v) is 6.41. The Morgan fingerprint density at radius 1 is 1.20 bits per heavy atom. The van der Waals surface area contributed by atoms with Crippen LogP contribution in [0.4, 0.5) is 11.4 Å². The van der Waals surface area contributed by atoms with E-state index >= 15 is 0 Å². The summed E-state index contributed by atoms with van der Waals surface area (Å²) in [5.74, 6) is -0.782. The van der Waals surface area contributed by atoms with Gasteiger partial charge in [-0.2, -0.15) is 5.26 Å². The Bertz CT molecular complexity index is 1260. The molecule has 0 atom stereocenters. The molecule has 1 heterocycles. The predicted molar refractivity (Wildman–Crippen MR) is 111 cm³/mol. The van der Waals surface area contributed by atoms with E-state index in [1.165, 1.54) is 35.0 Å². The Kier molecular flexibility index (Phi) is 5.60. The van der Waals surface area contributed by atoms with E-state index in [2.05, 4.69) is 5.32 Å². The molecule has 0 aliphatic carbocycles. The number of benzene rings is 2. The molecule has 0 bridgehead atoms. The molecule has 1 amide bonds. The van der Waals surface area contributed by atoms with Crippen LogP contribution in [0.2, 0.25) is 0 Å². The predicted octanol–water partition coefficient (Wildman–Crippen LogP) is 2.94. The Balaban J connectivity index is 1.96. The SMILES string of the molecule is Cc1c(NC(=O)/C(C#N)=C\c2cccc([N+](=O)[O-])c2)c(=O)n(-c2ccccc2)n1C. The Morgan fingerprint density at radius 2 is 1.90 bits per heavy atom. The summed E-state index contributed by atoms with van der Waals surface area (Å²) in [6.07, 6.45) is 1.23. The van der Waals surface area contributed by atoms with Crippen LogP contribution in [0.1, 0.15) is 11.3 Å². The fourth-order valence-corrected chi connectivity index (χ4v) is 2.94. The van der Waals surface area contributed by atoms with Gasteiger partial charge in [0, 0.05) is 19.2 Å². The average Bonchev–Trinajstić information content (AvgIpc) is 2.95. The van der Waals surface area contributed by atoms with Crippen molar-refractivity contribution in [3.8, 4) is 11.8 Å². The van der Waals surface area contributed by atoms with Gasteiger partial charge >= 0.3 is 0 Å². The van der Waals surface area contributed by atoms with E-state index < -0.39 is 16.4 Å². The fraction of sp³-hybridized carbons (Fsp3) is 0.0952. The lowest BCUT2D eigenvalue weighted by atomic mass is 10.1. The third kappa shape index (κ3) is 3.88. The normalized spacial score (nSPS) is 11.0. The van der Waals surface area contributed by atoms with Gasteiger partial charge in [0.15, 0.2) is 0 Å². The molecule has 9 heteroatoms. The smallest absolute Gasteiger partial charge is 0.295 e. The minimum atomic E-state index is -0.782. The number of carbonyl (C=O) groups excluding carboxylic acids is 1. The topological polar surface area (TPSA) is 123 Å². The molecule has 2 aromatic carbocycles. The standard InChI is InChI=1S/C21H17N5O4/c1-14-19(21(28)25(24(14)2)17-8-4-3-5-9-17)23-20(27)16(13-22)11-15-7-6-10-18(12-15)26(29)30/h3-12H,1-2H3,(H,23,27)/b16-11-. The quantitative estimate of drug-likeness (QED) is 0.304. The highest BCUT2D eigenvalue weighted by Crippen LogP contribution is 2.18. The van der Waals surface area contributed by atoms with Gasteiger partial charge in [-0.15, -0.1) is 0 Å². The van der Waals surface area contributed by atoms with Gasteiger partial charge < -0.3 is 5.32 Å². The number of hydrogen-bond donors (Lipinski definition) is 1. The molecule has 0 fully saturated rings. The number of nitro benzene ring substituents is 1. The molecule has 3 aromatic rings. The first-order chi connectivity index (χ1) is 14.3. The summed E-state index contributed by atoms with van der Waals surface area (Å²) in [7, 11) is 1.68. The maximum absolute atomic E-state index is 12.9. The lowest BCUT2D eigenvalue weighted by molar-refractivity contribution is -0.384. The molecule has 1 aromatic heterocycles. The highest BCUT2D eigenvalue weighted by atomic mass is 16.6. The van der Waals surface area contributed by atoms with Crippen LogP contribution in [0.25, 0.3) is 11.8 Å². The van der Waals surface area contributed by atoms with Crippen LogP contribution in [-0.2, 0) is 11.8 Å². The van der Waals surface area contributed by atoms with E-state index in [0.717, 1.165) is 0 Å². The second-order valence-electron chi connectivity index (χ2n) is 6.41. The molecular weight excluding hydrogens is 386 g/mol. The number of rotatable bonds is 5. The lowest BCUT2D eigenvalue weighted by Gasteiger charge is -2.07. The van der Waals surface area contributed by atoms with Gasteiger partial charge in [-0.25, -0.2) is 4.68 Å². The van der Waals surface area contributed by atoms with Crippen LogP contribution < -0.4 is 10.9 Å². The fourth-order valence-electron chi connectivity index (χ4n) is 2.94. The highest BCUT2D eigenvalue weighted by Gasteiger charge is 2.20. The van der Waals surface area contributed by atoms with Gasteiger partial charge in [0.05, 0.1) is 16.3 Å². The summed E-state index contributed by atoms with van der Waals surface area (Å²) in [4.78, 5) is 35.9. The average molecular weight is 403 g/mol. The molecule has 30 heavy (non-hydrogen) atoms. The summed E-state index contributed by atoms with van der Waals surface area (Å²) >= 11 is 0. The monoisotopic (exact) mass is 403 g/mol. The zero-order valence-corrected chi connectivity index (χ0v) is 16.2. The van der Waals surface area contributed by atoms with Crippen LogP contribution in [-0.4, -0.2) is 20.2 Å². The number of nitro groups is 1. The molecule has 0 unspecified atom stereocenters. The number of nitrogens with one attached hydrogen (secondary N) is 1. The molecule has 0 spiro atoms. The van der Waals surface area contributed by atoms with Crippen molar-refractivity contribution in [2.45, 2.75) is 6.92 Å². The zero-order valence-electron chi connectivity index (χ0n) is 16.2. The van der Waals surface area contributed by atoms with E-state index in [4.69, 9.17) is 0 Å². The van der Waals surface area contributed by atoms with E-state index in [9.17, 15) is 25.0 Å². The molecule has 0 aliphatic heterocycles. The first-order valence-electron chi connectivity index (χ1n) is 8.85. The van der Waals surface area contributed by atoms with E-state index in [1.54, 1.807) is 49.0 Å². The van der Waals surface area contributed by atoms with Crippen molar-refractivity contribution < 1.29 is 9.72 Å². The molecule has 0 saturated carbocycles. The first kappa shape index (κ1) is 20.3. The number of hydrogen-bond acceptors (Lipinski definition) is 5. The third-order valence-electron chi connectivity index (χ3n) is 4.55. The highest BCUT2D eigenvalue weighted by molar-refractivity contribution is 6.09. The van der Waals surface area contributed by atoms with Gasteiger partial charge in [-0.05, 0) is 30.7 Å². The molecular formula is C21H17N5O4.